The number of nitrogens with zero attached hydrogens (tertiary/aromatic N) is 2. The minimum absolute atomic E-state index is 0.308. The van der Waals surface area contributed by atoms with E-state index in [0.29, 0.717) is 11.1 Å². The van der Waals surface area contributed by atoms with Crippen molar-refractivity contribution in [2.24, 2.45) is 0 Å². The van der Waals surface area contributed by atoms with E-state index in [4.69, 9.17) is 4.42 Å². The van der Waals surface area contributed by atoms with Gasteiger partial charge in [-0.05, 0) is 56.2 Å². The fourth-order valence-corrected chi connectivity index (χ4v) is 2.98. The summed E-state index contributed by atoms with van der Waals surface area (Å²) in [6.45, 7) is 8.02. The zero-order chi connectivity index (χ0) is 16.4. The molecule has 23 heavy (non-hydrogen) atoms. The number of fused-ring (bicyclic) bond motifs is 1. The van der Waals surface area contributed by atoms with Crippen LogP contribution in [0.5, 0.6) is 0 Å². The lowest BCUT2D eigenvalue weighted by Gasteiger charge is -2.21. The second kappa shape index (κ2) is 6.24. The number of pyridine rings is 1. The fourth-order valence-electron chi connectivity index (χ4n) is 2.98. The van der Waals surface area contributed by atoms with Crippen LogP contribution in [0.25, 0.3) is 22.1 Å². The monoisotopic (exact) mass is 308 g/mol. The highest BCUT2D eigenvalue weighted by Crippen LogP contribution is 2.29. The highest BCUT2D eigenvalue weighted by molar-refractivity contribution is 5.88. The molecule has 0 atom stereocenters. The Morgan fingerprint density at radius 3 is 2.43 bits per heavy atom. The quantitative estimate of drug-likeness (QED) is 0.683. The van der Waals surface area contributed by atoms with Gasteiger partial charge in [0.15, 0.2) is 0 Å². The molecule has 2 aromatic heterocycles. The molecule has 118 valence electrons. The lowest BCUT2D eigenvalue weighted by atomic mass is 10.0. The summed E-state index contributed by atoms with van der Waals surface area (Å²) >= 11 is 0. The van der Waals surface area contributed by atoms with Crippen molar-refractivity contribution in [1.29, 1.82) is 0 Å². The Hall–Kier alpha value is -2.62. The standard InChI is InChI=1S/C19H20N2O2/c1-4-21(5-2)15-6-7-16-13(3)18(14-8-10-20-11-9-14)19(22)23-17(16)12-15/h6-12H,4-5H2,1-3H3. The van der Waals surface area contributed by atoms with E-state index in [9.17, 15) is 4.79 Å². The highest BCUT2D eigenvalue weighted by Gasteiger charge is 2.14. The summed E-state index contributed by atoms with van der Waals surface area (Å²) in [6, 6.07) is 9.72. The van der Waals surface area contributed by atoms with E-state index in [1.54, 1.807) is 12.4 Å². The van der Waals surface area contributed by atoms with Crippen molar-refractivity contribution in [2.45, 2.75) is 20.8 Å². The van der Waals surface area contributed by atoms with Gasteiger partial charge in [-0.15, -0.1) is 0 Å². The molecule has 0 N–H and O–H groups in total. The van der Waals surface area contributed by atoms with Crippen LogP contribution in [-0.2, 0) is 0 Å². The molecule has 0 unspecified atom stereocenters. The van der Waals surface area contributed by atoms with Crippen LogP contribution in [0, 0.1) is 6.92 Å². The Morgan fingerprint density at radius 2 is 1.78 bits per heavy atom. The van der Waals surface area contributed by atoms with Gasteiger partial charge < -0.3 is 9.32 Å². The van der Waals surface area contributed by atoms with E-state index >= 15 is 0 Å². The van der Waals surface area contributed by atoms with Gasteiger partial charge in [0.1, 0.15) is 5.58 Å². The molecule has 0 radical (unpaired) electrons. The molecule has 0 bridgehead atoms. The van der Waals surface area contributed by atoms with Gasteiger partial charge in [0.05, 0.1) is 5.56 Å². The van der Waals surface area contributed by atoms with Gasteiger partial charge >= 0.3 is 5.63 Å². The Bertz CT molecular complexity index is 881. The third kappa shape index (κ3) is 2.72. The number of aryl methyl sites for hydroxylation is 1. The maximum absolute atomic E-state index is 12.5. The number of hydrogen-bond acceptors (Lipinski definition) is 4. The average molecular weight is 308 g/mol. The minimum Gasteiger partial charge on any atom is -0.422 e. The molecular weight excluding hydrogens is 288 g/mol. The predicted octanol–water partition coefficient (Wildman–Crippen LogP) is 4.01. The van der Waals surface area contributed by atoms with Crippen LogP contribution in [0.3, 0.4) is 0 Å². The first kappa shape index (κ1) is 15.3. The van der Waals surface area contributed by atoms with Crippen molar-refractivity contribution in [3.63, 3.8) is 0 Å². The molecule has 4 heteroatoms. The maximum atomic E-state index is 12.5. The van der Waals surface area contributed by atoms with Crippen molar-refractivity contribution in [1.82, 2.24) is 4.98 Å². The zero-order valence-electron chi connectivity index (χ0n) is 13.7. The van der Waals surface area contributed by atoms with Crippen LogP contribution in [-0.4, -0.2) is 18.1 Å². The Balaban J connectivity index is 2.21. The lowest BCUT2D eigenvalue weighted by Crippen LogP contribution is -2.21. The number of aromatic nitrogens is 1. The van der Waals surface area contributed by atoms with Gasteiger partial charge in [-0.1, -0.05) is 0 Å². The third-order valence-corrected chi connectivity index (χ3v) is 4.25. The van der Waals surface area contributed by atoms with E-state index in [1.165, 1.54) is 0 Å². The van der Waals surface area contributed by atoms with Gasteiger partial charge in [-0.2, -0.15) is 0 Å². The molecule has 0 amide bonds. The second-order valence-corrected chi connectivity index (χ2v) is 5.48. The summed E-state index contributed by atoms with van der Waals surface area (Å²) in [5.74, 6) is 0. The summed E-state index contributed by atoms with van der Waals surface area (Å²) in [5, 5.41) is 0.965. The van der Waals surface area contributed by atoms with Crippen molar-refractivity contribution < 1.29 is 4.42 Å². The molecule has 0 saturated carbocycles. The molecule has 0 aliphatic rings. The lowest BCUT2D eigenvalue weighted by molar-refractivity contribution is 0.562. The van der Waals surface area contributed by atoms with Crippen LogP contribution in [0.4, 0.5) is 5.69 Å². The van der Waals surface area contributed by atoms with Crippen molar-refractivity contribution in [3.8, 4) is 11.1 Å². The molecule has 0 aliphatic heterocycles. The first-order chi connectivity index (χ1) is 11.2. The Kier molecular flexibility index (Phi) is 4.15. The largest absolute Gasteiger partial charge is 0.422 e. The normalized spacial score (nSPS) is 10.9. The molecule has 3 aromatic rings. The molecule has 2 heterocycles. The number of anilines is 1. The zero-order valence-corrected chi connectivity index (χ0v) is 13.7. The first-order valence-electron chi connectivity index (χ1n) is 7.88. The van der Waals surface area contributed by atoms with Gasteiger partial charge in [0, 0.05) is 42.6 Å². The fraction of sp³-hybridized carbons (Fsp3) is 0.263. The maximum Gasteiger partial charge on any atom is 0.344 e. The molecule has 0 fully saturated rings. The van der Waals surface area contributed by atoms with Crippen LogP contribution < -0.4 is 10.5 Å². The van der Waals surface area contributed by atoms with Crippen LogP contribution in [0.2, 0.25) is 0 Å². The SMILES string of the molecule is CCN(CC)c1ccc2c(C)c(-c3ccncc3)c(=O)oc2c1. The minimum atomic E-state index is -0.308. The average Bonchev–Trinajstić information content (AvgIpc) is 2.57. The molecule has 4 nitrogen and oxygen atoms in total. The van der Waals surface area contributed by atoms with Gasteiger partial charge in [0.25, 0.3) is 0 Å². The molecule has 0 saturated heterocycles. The summed E-state index contributed by atoms with van der Waals surface area (Å²) in [6.07, 6.45) is 3.36. The second-order valence-electron chi connectivity index (χ2n) is 5.48. The van der Waals surface area contributed by atoms with Crippen LogP contribution in [0.1, 0.15) is 19.4 Å². The third-order valence-electron chi connectivity index (χ3n) is 4.25. The van der Waals surface area contributed by atoms with Crippen LogP contribution >= 0.6 is 0 Å². The van der Waals surface area contributed by atoms with E-state index in [2.05, 4.69) is 29.8 Å². The van der Waals surface area contributed by atoms with Gasteiger partial charge in [0.2, 0.25) is 0 Å². The summed E-state index contributed by atoms with van der Waals surface area (Å²) < 4.78 is 5.61. The highest BCUT2D eigenvalue weighted by atomic mass is 16.4. The molecule has 0 spiro atoms. The van der Waals surface area contributed by atoms with Gasteiger partial charge in [-0.3, -0.25) is 4.98 Å². The van der Waals surface area contributed by atoms with Crippen LogP contribution in [0.15, 0.2) is 51.9 Å². The van der Waals surface area contributed by atoms with Gasteiger partial charge in [-0.25, -0.2) is 4.79 Å². The van der Waals surface area contributed by atoms with E-state index in [0.717, 1.165) is 35.3 Å². The van der Waals surface area contributed by atoms with Crippen molar-refractivity contribution in [3.05, 3.63) is 58.7 Å². The Labute approximate surface area is 135 Å². The number of hydrogen-bond donors (Lipinski definition) is 0. The number of benzene rings is 1. The molecule has 1 aromatic carbocycles. The molecule has 0 aliphatic carbocycles. The topological polar surface area (TPSA) is 46.3 Å². The molecular formula is C19H20N2O2. The smallest absolute Gasteiger partial charge is 0.344 e. The van der Waals surface area contributed by atoms with Crippen molar-refractivity contribution in [2.75, 3.05) is 18.0 Å². The number of rotatable bonds is 4. The summed E-state index contributed by atoms with van der Waals surface area (Å²) in [5.41, 5.74) is 3.78. The Morgan fingerprint density at radius 1 is 1.09 bits per heavy atom. The summed E-state index contributed by atoms with van der Waals surface area (Å²) in [4.78, 5) is 18.7. The van der Waals surface area contributed by atoms with E-state index < -0.39 is 0 Å². The van der Waals surface area contributed by atoms with E-state index in [-0.39, 0.29) is 5.63 Å². The predicted molar refractivity (Wildman–Crippen MR) is 94.0 cm³/mol. The summed E-state index contributed by atoms with van der Waals surface area (Å²) in [7, 11) is 0. The first-order valence-corrected chi connectivity index (χ1v) is 7.88. The van der Waals surface area contributed by atoms with E-state index in [1.807, 2.05) is 31.2 Å². The van der Waals surface area contributed by atoms with Crippen molar-refractivity contribution >= 4 is 16.7 Å². The molecule has 3 rings (SSSR count).